The number of fused-ring (bicyclic) bond motifs is 1. The lowest BCUT2D eigenvalue weighted by atomic mass is 9.62. The van der Waals surface area contributed by atoms with E-state index in [2.05, 4.69) is 18.2 Å². The Bertz CT molecular complexity index is 479. The summed E-state index contributed by atoms with van der Waals surface area (Å²) in [6.07, 6.45) is 4.43. The summed E-state index contributed by atoms with van der Waals surface area (Å²) in [5.74, 6) is 0.582. The Morgan fingerprint density at radius 1 is 1.31 bits per heavy atom. The van der Waals surface area contributed by atoms with Gasteiger partial charge in [0.2, 0.25) is 0 Å². The van der Waals surface area contributed by atoms with Crippen LogP contribution in [0.2, 0.25) is 0 Å². The van der Waals surface area contributed by atoms with Gasteiger partial charge in [-0.05, 0) is 36.3 Å². The number of ether oxygens (including phenoxy) is 1. The molecule has 0 amide bonds. The van der Waals surface area contributed by atoms with E-state index in [1.807, 2.05) is 6.07 Å². The van der Waals surface area contributed by atoms with E-state index in [1.54, 1.807) is 0 Å². The van der Waals surface area contributed by atoms with Crippen LogP contribution >= 0.6 is 0 Å². The summed E-state index contributed by atoms with van der Waals surface area (Å²) in [7, 11) is 0. The van der Waals surface area contributed by atoms with Gasteiger partial charge in [-0.2, -0.15) is 0 Å². The lowest BCUT2D eigenvalue weighted by molar-refractivity contribution is -0.171. The van der Waals surface area contributed by atoms with E-state index < -0.39 is 0 Å². The topological polar surface area (TPSA) is 26.3 Å². The predicted octanol–water partition coefficient (Wildman–Crippen LogP) is 2.73. The van der Waals surface area contributed by atoms with E-state index in [-0.39, 0.29) is 17.5 Å². The normalized spacial score (nSPS) is 39.1. The van der Waals surface area contributed by atoms with E-state index in [4.69, 9.17) is 4.74 Å². The molecule has 0 unspecified atom stereocenters. The summed E-state index contributed by atoms with van der Waals surface area (Å²) in [6.45, 7) is 0. The molecule has 16 heavy (non-hydrogen) atoms. The van der Waals surface area contributed by atoms with Crippen molar-refractivity contribution < 1.29 is 9.53 Å². The summed E-state index contributed by atoms with van der Waals surface area (Å²) >= 11 is 0. The Labute approximate surface area is 94.6 Å². The van der Waals surface area contributed by atoms with Gasteiger partial charge in [-0.3, -0.25) is 4.79 Å². The van der Waals surface area contributed by atoms with Gasteiger partial charge in [0.15, 0.2) is 0 Å². The molecular formula is C14H14O2. The third-order valence-corrected chi connectivity index (χ3v) is 4.72. The van der Waals surface area contributed by atoms with Gasteiger partial charge in [-0.1, -0.05) is 30.7 Å². The molecule has 2 bridgehead atoms. The first-order valence-electron chi connectivity index (χ1n) is 6.13. The average molecular weight is 214 g/mol. The quantitative estimate of drug-likeness (QED) is 0.621. The SMILES string of the molecule is O=C1O[C@@H]2C[C@H]3CCC[C@]13c1ccccc12. The van der Waals surface area contributed by atoms with E-state index in [0.717, 1.165) is 12.8 Å². The van der Waals surface area contributed by atoms with Crippen molar-refractivity contribution >= 4 is 5.97 Å². The zero-order valence-corrected chi connectivity index (χ0v) is 9.11. The molecule has 1 aromatic carbocycles. The highest BCUT2D eigenvalue weighted by molar-refractivity contribution is 5.87. The van der Waals surface area contributed by atoms with Crippen LogP contribution in [0.5, 0.6) is 0 Å². The largest absolute Gasteiger partial charge is 0.457 e. The average Bonchev–Trinajstić information content (AvgIpc) is 2.74. The van der Waals surface area contributed by atoms with Gasteiger partial charge >= 0.3 is 5.97 Å². The van der Waals surface area contributed by atoms with Crippen LogP contribution in [0.3, 0.4) is 0 Å². The van der Waals surface area contributed by atoms with Crippen LogP contribution in [0.15, 0.2) is 24.3 Å². The Morgan fingerprint density at radius 2 is 2.19 bits per heavy atom. The van der Waals surface area contributed by atoms with Gasteiger partial charge in [-0.15, -0.1) is 0 Å². The fourth-order valence-corrected chi connectivity index (χ4v) is 4.05. The molecule has 0 radical (unpaired) electrons. The summed E-state index contributed by atoms with van der Waals surface area (Å²) in [5, 5.41) is 0. The molecular weight excluding hydrogens is 200 g/mol. The third-order valence-electron chi connectivity index (χ3n) is 4.72. The molecule has 1 aromatic rings. The molecule has 2 heteroatoms. The molecule has 2 nitrogen and oxygen atoms in total. The van der Waals surface area contributed by atoms with Crippen molar-refractivity contribution in [2.24, 2.45) is 5.92 Å². The maximum atomic E-state index is 12.2. The highest BCUT2D eigenvalue weighted by Gasteiger charge is 2.60. The first-order valence-corrected chi connectivity index (χ1v) is 6.13. The van der Waals surface area contributed by atoms with E-state index >= 15 is 0 Å². The first-order chi connectivity index (χ1) is 7.82. The fraction of sp³-hybridized carbons (Fsp3) is 0.500. The second-order valence-corrected chi connectivity index (χ2v) is 5.28. The Kier molecular flexibility index (Phi) is 1.47. The molecule has 2 fully saturated rings. The van der Waals surface area contributed by atoms with Gasteiger partial charge in [0.05, 0.1) is 5.41 Å². The maximum Gasteiger partial charge on any atom is 0.317 e. The number of hydrogen-bond donors (Lipinski definition) is 0. The minimum atomic E-state index is -0.272. The van der Waals surface area contributed by atoms with Gasteiger partial charge in [0, 0.05) is 0 Å². The molecule has 2 aliphatic heterocycles. The lowest BCUT2D eigenvalue weighted by Gasteiger charge is -2.48. The number of hydrogen-bond acceptors (Lipinski definition) is 2. The number of carbonyl (C=O) groups excluding carboxylic acids is 1. The van der Waals surface area contributed by atoms with E-state index in [9.17, 15) is 4.79 Å². The van der Waals surface area contributed by atoms with Crippen LogP contribution in [-0.2, 0) is 14.9 Å². The molecule has 0 aromatic heterocycles. The Morgan fingerprint density at radius 3 is 3.12 bits per heavy atom. The summed E-state index contributed by atoms with van der Waals surface area (Å²) in [4.78, 5) is 12.2. The van der Waals surface area contributed by atoms with Crippen molar-refractivity contribution in [3.63, 3.8) is 0 Å². The molecule has 4 aliphatic rings. The fourth-order valence-electron chi connectivity index (χ4n) is 4.05. The standard InChI is InChI=1S/C14H14O2/c15-13-14-7-3-4-9(14)8-12(16-13)10-5-1-2-6-11(10)14/h1-2,5-6,9,12H,3-4,7-8H2/t9-,12-,14+/m1/s1. The van der Waals surface area contributed by atoms with Gasteiger partial charge in [-0.25, -0.2) is 0 Å². The van der Waals surface area contributed by atoms with Crippen LogP contribution in [0.25, 0.3) is 0 Å². The number of benzene rings is 1. The summed E-state index contributed by atoms with van der Waals surface area (Å²) in [5.41, 5.74) is 2.26. The smallest absolute Gasteiger partial charge is 0.317 e. The second-order valence-electron chi connectivity index (χ2n) is 5.28. The molecule has 0 N–H and O–H groups in total. The molecule has 3 atom stereocenters. The zero-order valence-electron chi connectivity index (χ0n) is 9.11. The van der Waals surface area contributed by atoms with Crippen molar-refractivity contribution in [2.75, 3.05) is 0 Å². The van der Waals surface area contributed by atoms with Crippen LogP contribution in [0.1, 0.15) is 42.9 Å². The molecule has 2 aliphatic carbocycles. The Balaban J connectivity index is 2.04. The molecule has 2 heterocycles. The monoisotopic (exact) mass is 214 g/mol. The summed E-state index contributed by atoms with van der Waals surface area (Å²) < 4.78 is 5.58. The molecule has 5 rings (SSSR count). The molecule has 82 valence electrons. The van der Waals surface area contributed by atoms with Crippen molar-refractivity contribution in [3.8, 4) is 0 Å². The van der Waals surface area contributed by atoms with Gasteiger partial charge < -0.3 is 4.74 Å². The predicted molar refractivity (Wildman–Crippen MR) is 58.9 cm³/mol. The van der Waals surface area contributed by atoms with Crippen LogP contribution in [0, 0.1) is 5.92 Å². The van der Waals surface area contributed by atoms with Crippen LogP contribution in [-0.4, -0.2) is 5.97 Å². The Hall–Kier alpha value is -1.31. The van der Waals surface area contributed by atoms with Crippen molar-refractivity contribution in [3.05, 3.63) is 35.4 Å². The summed E-state index contributed by atoms with van der Waals surface area (Å²) in [6, 6.07) is 8.37. The van der Waals surface area contributed by atoms with Crippen LogP contribution in [0.4, 0.5) is 0 Å². The van der Waals surface area contributed by atoms with Crippen molar-refractivity contribution in [1.82, 2.24) is 0 Å². The van der Waals surface area contributed by atoms with Crippen molar-refractivity contribution in [2.45, 2.75) is 37.2 Å². The third kappa shape index (κ3) is 0.796. The van der Waals surface area contributed by atoms with E-state index in [1.165, 1.54) is 24.0 Å². The van der Waals surface area contributed by atoms with Gasteiger partial charge in [0.25, 0.3) is 0 Å². The lowest BCUT2D eigenvalue weighted by Crippen LogP contribution is -2.51. The number of rotatable bonds is 0. The van der Waals surface area contributed by atoms with Crippen LogP contribution < -0.4 is 0 Å². The van der Waals surface area contributed by atoms with E-state index in [0.29, 0.717) is 5.92 Å². The highest BCUT2D eigenvalue weighted by Crippen LogP contribution is 2.59. The first kappa shape index (κ1) is 8.80. The molecule has 1 saturated carbocycles. The highest BCUT2D eigenvalue weighted by atomic mass is 16.5. The number of esters is 1. The number of carbonyl (C=O) groups is 1. The molecule has 1 spiro atoms. The zero-order chi connectivity index (χ0) is 10.8. The maximum absolute atomic E-state index is 12.2. The molecule has 1 saturated heterocycles. The minimum Gasteiger partial charge on any atom is -0.457 e. The second kappa shape index (κ2) is 2.68. The van der Waals surface area contributed by atoms with Crippen molar-refractivity contribution in [1.29, 1.82) is 0 Å². The minimum absolute atomic E-state index is 0.0358. The van der Waals surface area contributed by atoms with Gasteiger partial charge in [0.1, 0.15) is 6.10 Å².